The van der Waals surface area contributed by atoms with E-state index < -0.39 is 5.60 Å². The van der Waals surface area contributed by atoms with Gasteiger partial charge in [0, 0.05) is 37.8 Å². The van der Waals surface area contributed by atoms with Crippen LogP contribution < -0.4 is 10.6 Å². The van der Waals surface area contributed by atoms with Crippen LogP contribution in [-0.4, -0.2) is 48.2 Å². The van der Waals surface area contributed by atoms with Gasteiger partial charge in [0.15, 0.2) is 0 Å². The summed E-state index contributed by atoms with van der Waals surface area (Å²) in [5.41, 5.74) is 1.35. The number of rotatable bonds is 15. The number of carbonyl (C=O) groups excluding carboxylic acids is 2. The van der Waals surface area contributed by atoms with Gasteiger partial charge in [-0.25, -0.2) is 10.1 Å². The topological polar surface area (TPSA) is 72.7 Å². The van der Waals surface area contributed by atoms with E-state index in [0.29, 0.717) is 25.2 Å². The summed E-state index contributed by atoms with van der Waals surface area (Å²) in [6, 6.07) is 8.03. The zero-order chi connectivity index (χ0) is 26.2. The van der Waals surface area contributed by atoms with Gasteiger partial charge < -0.3 is 15.0 Å². The van der Waals surface area contributed by atoms with Crippen molar-refractivity contribution >= 4 is 12.0 Å². The fourth-order valence-corrected chi connectivity index (χ4v) is 4.47. The molecule has 0 atom stereocenters. The monoisotopic (exact) mass is 500 g/mol. The number of ether oxygens (including phenoxy) is 1. The minimum Gasteiger partial charge on any atom is -0.444 e. The summed E-state index contributed by atoms with van der Waals surface area (Å²) in [6.07, 6.45) is 14.5. The van der Waals surface area contributed by atoms with Crippen molar-refractivity contribution in [3.8, 4) is 0 Å². The zero-order valence-corrected chi connectivity index (χ0v) is 23.3. The van der Waals surface area contributed by atoms with Crippen LogP contribution in [0.25, 0.3) is 0 Å². The molecule has 1 saturated heterocycles. The van der Waals surface area contributed by atoms with Crippen molar-refractivity contribution in [3.05, 3.63) is 35.4 Å². The molecular formula is C30H50N3O3. The molecule has 1 N–H and O–H groups in total. The van der Waals surface area contributed by atoms with Crippen molar-refractivity contribution < 1.29 is 14.3 Å². The number of nitrogens with one attached hydrogen (secondary N) is 1. The Bertz CT molecular complexity index is 750. The van der Waals surface area contributed by atoms with Crippen molar-refractivity contribution in [1.29, 1.82) is 0 Å². The highest BCUT2D eigenvalue weighted by Gasteiger charge is 2.27. The van der Waals surface area contributed by atoms with Gasteiger partial charge in [0.2, 0.25) is 0 Å². The number of hydrogen-bond acceptors (Lipinski definition) is 3. The fraction of sp³-hybridized carbons (Fsp3) is 0.733. The maximum Gasteiger partial charge on any atom is 0.410 e. The molecule has 1 aromatic carbocycles. The van der Waals surface area contributed by atoms with Crippen LogP contribution in [0.5, 0.6) is 0 Å². The van der Waals surface area contributed by atoms with Crippen LogP contribution in [0.3, 0.4) is 0 Å². The first-order valence-electron chi connectivity index (χ1n) is 14.3. The van der Waals surface area contributed by atoms with Crippen LogP contribution in [0.1, 0.15) is 121 Å². The quantitative estimate of drug-likeness (QED) is 0.268. The molecule has 0 unspecified atom stereocenters. The van der Waals surface area contributed by atoms with Gasteiger partial charge in [-0.05, 0) is 57.7 Å². The predicted octanol–water partition coefficient (Wildman–Crippen LogP) is 6.84. The minimum atomic E-state index is -0.464. The maximum absolute atomic E-state index is 12.4. The van der Waals surface area contributed by atoms with Crippen molar-refractivity contribution in [3.63, 3.8) is 0 Å². The van der Waals surface area contributed by atoms with Crippen LogP contribution in [0, 0.1) is 0 Å². The molecule has 0 bridgehead atoms. The summed E-state index contributed by atoms with van der Waals surface area (Å²) in [7, 11) is 0. The molecule has 6 nitrogen and oxygen atoms in total. The van der Waals surface area contributed by atoms with Gasteiger partial charge in [-0.3, -0.25) is 4.79 Å². The number of benzene rings is 1. The zero-order valence-electron chi connectivity index (χ0n) is 23.3. The van der Waals surface area contributed by atoms with Crippen LogP contribution in [0.2, 0.25) is 0 Å². The van der Waals surface area contributed by atoms with Gasteiger partial charge in [-0.1, -0.05) is 76.8 Å². The molecule has 1 radical (unpaired) electrons. The SMILES string of the molecule is CCCCCCCCCCCCNC(=O)c1ccc(C[N]C2CCN(C(=O)OC(C)(C)C)CC2)cc1. The number of likely N-dealkylation sites (tertiary alicyclic amines) is 1. The molecule has 0 spiro atoms. The molecule has 1 aromatic rings. The lowest BCUT2D eigenvalue weighted by atomic mass is 10.0. The summed E-state index contributed by atoms with van der Waals surface area (Å²) in [6.45, 7) is 10.7. The van der Waals surface area contributed by atoms with E-state index in [2.05, 4.69) is 12.2 Å². The van der Waals surface area contributed by atoms with E-state index in [1.165, 1.54) is 57.8 Å². The molecule has 1 aliphatic heterocycles. The summed E-state index contributed by atoms with van der Waals surface area (Å²) in [4.78, 5) is 26.4. The van der Waals surface area contributed by atoms with E-state index in [1.807, 2.05) is 45.0 Å². The third kappa shape index (κ3) is 12.8. The van der Waals surface area contributed by atoms with Crippen LogP contribution in [-0.2, 0) is 11.3 Å². The van der Waals surface area contributed by atoms with E-state index in [9.17, 15) is 9.59 Å². The molecule has 6 heteroatoms. The lowest BCUT2D eigenvalue weighted by molar-refractivity contribution is 0.0197. The first kappa shape index (κ1) is 30.1. The minimum absolute atomic E-state index is 0.00364. The van der Waals surface area contributed by atoms with E-state index in [4.69, 9.17) is 10.1 Å². The second-order valence-corrected chi connectivity index (χ2v) is 11.2. The maximum atomic E-state index is 12.4. The Morgan fingerprint density at radius 3 is 2.03 bits per heavy atom. The fourth-order valence-electron chi connectivity index (χ4n) is 4.47. The Labute approximate surface area is 219 Å². The van der Waals surface area contributed by atoms with Gasteiger partial charge in [-0.2, -0.15) is 0 Å². The molecule has 1 heterocycles. The smallest absolute Gasteiger partial charge is 0.410 e. The number of nitrogens with zero attached hydrogens (tertiary/aromatic N) is 2. The molecule has 0 saturated carbocycles. The molecule has 1 aliphatic rings. The van der Waals surface area contributed by atoms with Crippen molar-refractivity contribution in [2.24, 2.45) is 0 Å². The third-order valence-corrected chi connectivity index (χ3v) is 6.68. The van der Waals surface area contributed by atoms with Crippen LogP contribution in [0.4, 0.5) is 4.79 Å². The largest absolute Gasteiger partial charge is 0.444 e. The first-order chi connectivity index (χ1) is 17.3. The summed E-state index contributed by atoms with van der Waals surface area (Å²) in [5, 5.41) is 7.88. The Hall–Kier alpha value is -2.08. The summed E-state index contributed by atoms with van der Waals surface area (Å²) >= 11 is 0. The van der Waals surface area contributed by atoms with Crippen molar-refractivity contribution in [1.82, 2.24) is 15.5 Å². The van der Waals surface area contributed by atoms with Crippen molar-refractivity contribution in [2.75, 3.05) is 19.6 Å². The van der Waals surface area contributed by atoms with E-state index in [1.54, 1.807) is 4.90 Å². The molecule has 0 aliphatic carbocycles. The molecular weight excluding hydrogens is 450 g/mol. The number of hydrogen-bond donors (Lipinski definition) is 1. The molecule has 2 amide bonds. The number of unbranched alkanes of at least 4 members (excludes halogenated alkanes) is 9. The number of piperidine rings is 1. The highest BCUT2D eigenvalue weighted by atomic mass is 16.6. The molecule has 1 fully saturated rings. The van der Waals surface area contributed by atoms with Gasteiger partial charge in [0.25, 0.3) is 5.91 Å². The van der Waals surface area contributed by atoms with Gasteiger partial charge in [-0.15, -0.1) is 0 Å². The Kier molecular flexibility index (Phi) is 13.9. The second-order valence-electron chi connectivity index (χ2n) is 11.2. The highest BCUT2D eigenvalue weighted by Crippen LogP contribution is 2.17. The lowest BCUT2D eigenvalue weighted by Gasteiger charge is -2.33. The van der Waals surface area contributed by atoms with Gasteiger partial charge >= 0.3 is 6.09 Å². The van der Waals surface area contributed by atoms with Crippen molar-refractivity contribution in [2.45, 2.75) is 123 Å². The Balaban J connectivity index is 1.55. The number of amides is 2. The molecule has 2 rings (SSSR count). The third-order valence-electron chi connectivity index (χ3n) is 6.68. The normalized spacial score (nSPS) is 14.6. The average molecular weight is 501 g/mol. The first-order valence-corrected chi connectivity index (χ1v) is 14.3. The molecule has 0 aromatic heterocycles. The standard InChI is InChI=1S/C30H50N3O3/c1-5-6-7-8-9-10-11-12-13-14-21-31-28(34)26-17-15-25(16-18-26)24-32-27-19-22-33(23-20-27)29(35)36-30(2,3)4/h15-18,27H,5-14,19-24H2,1-4H3,(H,31,34). The van der Waals surface area contributed by atoms with Gasteiger partial charge in [0.05, 0.1) is 0 Å². The number of carbonyl (C=O) groups is 2. The predicted molar refractivity (Wildman–Crippen MR) is 147 cm³/mol. The highest BCUT2D eigenvalue weighted by molar-refractivity contribution is 5.94. The molecule has 203 valence electrons. The van der Waals surface area contributed by atoms with E-state index in [-0.39, 0.29) is 18.0 Å². The second kappa shape index (κ2) is 16.6. The van der Waals surface area contributed by atoms with E-state index >= 15 is 0 Å². The summed E-state index contributed by atoms with van der Waals surface area (Å²) < 4.78 is 5.46. The van der Waals surface area contributed by atoms with Gasteiger partial charge in [0.1, 0.15) is 5.60 Å². The van der Waals surface area contributed by atoms with Crippen LogP contribution in [0.15, 0.2) is 24.3 Å². The Morgan fingerprint density at radius 1 is 0.917 bits per heavy atom. The molecule has 36 heavy (non-hydrogen) atoms. The lowest BCUT2D eigenvalue weighted by Crippen LogP contribution is -2.44. The van der Waals surface area contributed by atoms with Crippen LogP contribution >= 0.6 is 0 Å². The summed E-state index contributed by atoms with van der Waals surface area (Å²) in [5.74, 6) is 0.00364. The Morgan fingerprint density at radius 2 is 1.47 bits per heavy atom. The van der Waals surface area contributed by atoms with E-state index in [0.717, 1.165) is 31.4 Å². The average Bonchev–Trinajstić information content (AvgIpc) is 2.85.